The van der Waals surface area contributed by atoms with E-state index in [2.05, 4.69) is 10.3 Å². The molecule has 3 atom stereocenters. The van der Waals surface area contributed by atoms with Crippen molar-refractivity contribution in [2.45, 2.75) is 29.0 Å². The Morgan fingerprint density at radius 1 is 1.50 bits per heavy atom. The Morgan fingerprint density at radius 3 is 3.05 bits per heavy atom. The predicted molar refractivity (Wildman–Crippen MR) is 91.2 cm³/mol. The lowest BCUT2D eigenvalue weighted by molar-refractivity contribution is -0.120. The van der Waals surface area contributed by atoms with Gasteiger partial charge in [0, 0.05) is 18.6 Å². The van der Waals surface area contributed by atoms with Crippen LogP contribution in [0.5, 0.6) is 0 Å². The van der Waals surface area contributed by atoms with Gasteiger partial charge in [0.2, 0.25) is 5.91 Å². The number of aliphatic hydroxyl groups is 1. The minimum Gasteiger partial charge on any atom is -0.396 e. The number of nitrogens with one attached hydrogen (secondary N) is 1. The molecule has 1 unspecified atom stereocenters. The van der Waals surface area contributed by atoms with Crippen LogP contribution in [0.15, 0.2) is 40.8 Å². The third kappa shape index (κ3) is 3.51. The average Bonchev–Trinajstić information content (AvgIpc) is 3.12. The zero-order chi connectivity index (χ0) is 15.5. The van der Waals surface area contributed by atoms with E-state index >= 15 is 0 Å². The second-order valence-electron chi connectivity index (χ2n) is 5.39. The number of thioether (sulfide) groups is 1. The van der Waals surface area contributed by atoms with Gasteiger partial charge in [0.05, 0.1) is 15.5 Å². The maximum absolute atomic E-state index is 12.3. The Kier molecular flexibility index (Phi) is 4.81. The molecule has 0 spiro atoms. The van der Waals surface area contributed by atoms with E-state index in [9.17, 15) is 4.79 Å². The number of carbonyl (C=O) groups excluding carboxylic acids is 1. The highest BCUT2D eigenvalue weighted by Gasteiger charge is 2.23. The summed E-state index contributed by atoms with van der Waals surface area (Å²) in [6.07, 6.45) is 4.71. The Labute approximate surface area is 137 Å². The van der Waals surface area contributed by atoms with Gasteiger partial charge >= 0.3 is 0 Å². The summed E-state index contributed by atoms with van der Waals surface area (Å²) < 4.78 is 2.06. The van der Waals surface area contributed by atoms with Crippen LogP contribution >= 0.6 is 23.1 Å². The van der Waals surface area contributed by atoms with Gasteiger partial charge in [-0.1, -0.05) is 36.0 Å². The van der Waals surface area contributed by atoms with Crippen LogP contribution in [0.3, 0.4) is 0 Å². The summed E-state index contributed by atoms with van der Waals surface area (Å²) >= 11 is 3.10. The van der Waals surface area contributed by atoms with Crippen LogP contribution in [0.25, 0.3) is 10.2 Å². The van der Waals surface area contributed by atoms with Gasteiger partial charge in [-0.15, -0.1) is 11.3 Å². The molecule has 2 N–H and O–H groups in total. The van der Waals surface area contributed by atoms with Crippen LogP contribution in [0.1, 0.15) is 13.3 Å². The van der Waals surface area contributed by atoms with E-state index in [-0.39, 0.29) is 29.7 Å². The van der Waals surface area contributed by atoms with Gasteiger partial charge < -0.3 is 10.4 Å². The number of fused-ring (bicyclic) bond motifs is 1. The van der Waals surface area contributed by atoms with E-state index in [1.807, 2.05) is 43.3 Å². The largest absolute Gasteiger partial charge is 0.396 e. The predicted octanol–water partition coefficient (Wildman–Crippen LogP) is 2.83. The molecule has 1 heterocycles. The molecule has 3 rings (SSSR count). The molecule has 1 amide bonds. The van der Waals surface area contributed by atoms with Crippen LogP contribution < -0.4 is 5.32 Å². The van der Waals surface area contributed by atoms with E-state index in [0.717, 1.165) is 21.0 Å². The fourth-order valence-corrected chi connectivity index (χ4v) is 4.64. The van der Waals surface area contributed by atoms with Crippen molar-refractivity contribution in [1.82, 2.24) is 10.3 Å². The van der Waals surface area contributed by atoms with Gasteiger partial charge in [0.25, 0.3) is 0 Å². The average molecular weight is 334 g/mol. The highest BCUT2D eigenvalue weighted by Crippen LogP contribution is 2.32. The van der Waals surface area contributed by atoms with Crippen molar-refractivity contribution in [3.8, 4) is 0 Å². The highest BCUT2D eigenvalue weighted by atomic mass is 32.2. The second-order valence-corrected chi connectivity index (χ2v) is 8.00. The lowest BCUT2D eigenvalue weighted by Gasteiger charge is -2.15. The molecule has 0 bridgehead atoms. The monoisotopic (exact) mass is 334 g/mol. The highest BCUT2D eigenvalue weighted by molar-refractivity contribution is 8.02. The Hall–Kier alpha value is -1.37. The molecule has 0 saturated heterocycles. The van der Waals surface area contributed by atoms with Crippen LogP contribution in [0, 0.1) is 5.92 Å². The van der Waals surface area contributed by atoms with Crippen LogP contribution in [0.4, 0.5) is 0 Å². The summed E-state index contributed by atoms with van der Waals surface area (Å²) in [5.41, 5.74) is 0.979. The smallest absolute Gasteiger partial charge is 0.233 e. The van der Waals surface area contributed by atoms with Crippen molar-refractivity contribution in [2.75, 3.05) is 6.61 Å². The first-order chi connectivity index (χ1) is 10.7. The van der Waals surface area contributed by atoms with Gasteiger partial charge in [-0.2, -0.15) is 0 Å². The number of thiazole rings is 1. The summed E-state index contributed by atoms with van der Waals surface area (Å²) in [5.74, 6) is 0.176. The maximum Gasteiger partial charge on any atom is 0.233 e. The van der Waals surface area contributed by atoms with Crippen LogP contribution in [0.2, 0.25) is 0 Å². The fourth-order valence-electron chi connectivity index (χ4n) is 2.42. The number of hydrogen-bond acceptors (Lipinski definition) is 5. The third-order valence-electron chi connectivity index (χ3n) is 3.66. The van der Waals surface area contributed by atoms with Crippen molar-refractivity contribution in [2.24, 2.45) is 5.92 Å². The molecule has 2 aromatic rings. The van der Waals surface area contributed by atoms with Crippen LogP contribution in [-0.2, 0) is 4.79 Å². The lowest BCUT2D eigenvalue weighted by Crippen LogP contribution is -2.37. The normalized spacial score (nSPS) is 22.1. The van der Waals surface area contributed by atoms with Gasteiger partial charge in [-0.3, -0.25) is 4.79 Å². The SMILES string of the molecule is CC(Sc1nc2ccccc2s1)C(=O)N[C@@H]1C=C[C@H](CO)C1. The van der Waals surface area contributed by atoms with Crippen LogP contribution in [-0.4, -0.2) is 33.9 Å². The molecule has 1 aromatic heterocycles. The Morgan fingerprint density at radius 2 is 2.32 bits per heavy atom. The number of aromatic nitrogens is 1. The standard InChI is InChI=1S/C16H18N2O2S2/c1-10(15(20)17-12-7-6-11(8-12)9-19)21-16-18-13-4-2-3-5-14(13)22-16/h2-7,10-12,19H,8-9H2,1H3,(H,17,20)/t10?,11-,12+/m0/s1. The van der Waals surface area contributed by atoms with Gasteiger partial charge in [-0.05, 0) is 25.5 Å². The molecule has 6 heteroatoms. The number of hydrogen-bond donors (Lipinski definition) is 2. The number of carbonyl (C=O) groups is 1. The topological polar surface area (TPSA) is 62.2 Å². The van der Waals surface area contributed by atoms with E-state index < -0.39 is 0 Å². The molecule has 0 radical (unpaired) electrons. The van der Waals surface area contributed by atoms with Gasteiger partial charge in [0.1, 0.15) is 0 Å². The maximum atomic E-state index is 12.3. The van der Waals surface area contributed by atoms with Gasteiger partial charge in [0.15, 0.2) is 4.34 Å². The zero-order valence-electron chi connectivity index (χ0n) is 12.2. The molecule has 1 aromatic carbocycles. The first-order valence-electron chi connectivity index (χ1n) is 7.27. The second kappa shape index (κ2) is 6.81. The first kappa shape index (κ1) is 15.5. The number of para-hydroxylation sites is 1. The molecule has 22 heavy (non-hydrogen) atoms. The van der Waals surface area contributed by atoms with E-state index in [4.69, 9.17) is 5.11 Å². The summed E-state index contributed by atoms with van der Waals surface area (Å²) in [5, 5.41) is 11.9. The minimum atomic E-state index is -0.192. The fraction of sp³-hybridized carbons (Fsp3) is 0.375. The molecule has 0 saturated carbocycles. The molecular formula is C16H18N2O2S2. The minimum absolute atomic E-state index is 0.0116. The third-order valence-corrected chi connectivity index (χ3v) is 5.89. The summed E-state index contributed by atoms with van der Waals surface area (Å²) in [6, 6.07) is 8.02. The number of amides is 1. The Bertz CT molecular complexity index is 665. The van der Waals surface area contributed by atoms with E-state index in [0.29, 0.717) is 0 Å². The molecule has 116 valence electrons. The number of aliphatic hydroxyl groups excluding tert-OH is 1. The van der Waals surface area contributed by atoms with Crippen molar-refractivity contribution in [3.63, 3.8) is 0 Å². The first-order valence-corrected chi connectivity index (χ1v) is 8.97. The zero-order valence-corrected chi connectivity index (χ0v) is 13.9. The van der Waals surface area contributed by atoms with Gasteiger partial charge in [-0.25, -0.2) is 4.98 Å². The molecule has 1 aliphatic carbocycles. The molecular weight excluding hydrogens is 316 g/mol. The molecule has 0 aliphatic heterocycles. The van der Waals surface area contributed by atoms with Crippen molar-refractivity contribution < 1.29 is 9.90 Å². The molecule has 4 nitrogen and oxygen atoms in total. The number of benzene rings is 1. The van der Waals surface area contributed by atoms with Crippen molar-refractivity contribution in [3.05, 3.63) is 36.4 Å². The summed E-state index contributed by atoms with van der Waals surface area (Å²) in [7, 11) is 0. The quantitative estimate of drug-likeness (QED) is 0.652. The summed E-state index contributed by atoms with van der Waals surface area (Å²) in [6.45, 7) is 2.03. The van der Waals surface area contributed by atoms with E-state index in [1.165, 1.54) is 11.8 Å². The Balaban J connectivity index is 1.58. The van der Waals surface area contributed by atoms with Crippen molar-refractivity contribution in [1.29, 1.82) is 0 Å². The number of rotatable bonds is 5. The molecule has 1 aliphatic rings. The molecule has 0 fully saturated rings. The summed E-state index contributed by atoms with van der Waals surface area (Å²) in [4.78, 5) is 16.8. The van der Waals surface area contributed by atoms with Crippen molar-refractivity contribution >= 4 is 39.2 Å². The van der Waals surface area contributed by atoms with E-state index in [1.54, 1.807) is 11.3 Å². The number of nitrogens with zero attached hydrogens (tertiary/aromatic N) is 1. The lowest BCUT2D eigenvalue weighted by atomic mass is 10.1.